The molecule has 0 fully saturated rings. The van der Waals surface area contributed by atoms with Crippen LogP contribution in [0.3, 0.4) is 0 Å². The molecule has 0 atom stereocenters. The maximum Gasteiger partial charge on any atom is 0.240 e. The van der Waals surface area contributed by atoms with Crippen LogP contribution in [-0.2, 0) is 15.8 Å². The molecule has 138 valence electrons. The van der Waals surface area contributed by atoms with Crippen LogP contribution in [-0.4, -0.2) is 33.9 Å². The van der Waals surface area contributed by atoms with Gasteiger partial charge < -0.3 is 13.9 Å². The summed E-state index contributed by atoms with van der Waals surface area (Å²) in [4.78, 5) is 0.162. The first-order chi connectivity index (χ1) is 12.1. The van der Waals surface area contributed by atoms with E-state index >= 15 is 0 Å². The molecule has 25 heavy (non-hydrogen) atoms. The molecule has 0 unspecified atom stereocenters. The fourth-order valence-electron chi connectivity index (χ4n) is 2.10. The van der Waals surface area contributed by atoms with Gasteiger partial charge in [0.15, 0.2) is 11.5 Å². The quantitative estimate of drug-likeness (QED) is 0.598. The van der Waals surface area contributed by atoms with Crippen LogP contribution in [0.1, 0.15) is 19.6 Å². The van der Waals surface area contributed by atoms with Crippen LogP contribution in [0.15, 0.2) is 45.9 Å². The van der Waals surface area contributed by atoms with Crippen molar-refractivity contribution in [3.63, 3.8) is 0 Å². The summed E-state index contributed by atoms with van der Waals surface area (Å²) in [6.07, 6.45) is 1.63. The van der Waals surface area contributed by atoms with Crippen molar-refractivity contribution in [2.75, 3.05) is 25.5 Å². The first kappa shape index (κ1) is 19.7. The van der Waals surface area contributed by atoms with Gasteiger partial charge >= 0.3 is 0 Å². The Hall–Kier alpha value is -1.64. The minimum Gasteiger partial charge on any atom is -0.490 e. The lowest BCUT2D eigenvalue weighted by Gasteiger charge is -2.13. The average molecular weight is 386 g/mol. The van der Waals surface area contributed by atoms with Crippen LogP contribution in [0.2, 0.25) is 0 Å². The molecule has 0 saturated carbocycles. The van der Waals surface area contributed by atoms with Crippen molar-refractivity contribution in [2.45, 2.75) is 24.5 Å². The van der Waals surface area contributed by atoms with E-state index in [2.05, 4.69) is 4.72 Å². The predicted molar refractivity (Wildman–Crippen MR) is 98.8 cm³/mol. The first-order valence-electron chi connectivity index (χ1n) is 8.06. The molecule has 0 aliphatic rings. The van der Waals surface area contributed by atoms with Crippen LogP contribution in [0.5, 0.6) is 11.5 Å². The van der Waals surface area contributed by atoms with Gasteiger partial charge in [0, 0.05) is 18.4 Å². The number of hydrogen-bond acceptors (Lipinski definition) is 6. The summed E-state index contributed by atoms with van der Waals surface area (Å²) in [6.45, 7) is 4.95. The van der Waals surface area contributed by atoms with Gasteiger partial charge in [-0.05, 0) is 38.1 Å². The highest BCUT2D eigenvalue weighted by atomic mass is 32.2. The maximum atomic E-state index is 12.4. The average Bonchev–Trinajstić information content (AvgIpc) is 3.10. The summed E-state index contributed by atoms with van der Waals surface area (Å²) in [6, 6.07) is 8.36. The van der Waals surface area contributed by atoms with Crippen molar-refractivity contribution in [3.05, 3.63) is 42.4 Å². The van der Waals surface area contributed by atoms with E-state index in [9.17, 15) is 8.42 Å². The summed E-state index contributed by atoms with van der Waals surface area (Å²) in [7, 11) is -3.59. The maximum absolute atomic E-state index is 12.4. The zero-order valence-corrected chi connectivity index (χ0v) is 16.0. The molecule has 1 N–H and O–H groups in total. The highest BCUT2D eigenvalue weighted by Crippen LogP contribution is 2.30. The number of nitrogens with one attached hydrogen (secondary N) is 1. The lowest BCUT2D eigenvalue weighted by atomic mass is 10.3. The second-order valence-corrected chi connectivity index (χ2v) is 7.88. The Morgan fingerprint density at radius 2 is 1.88 bits per heavy atom. The van der Waals surface area contributed by atoms with Crippen molar-refractivity contribution >= 4 is 21.8 Å². The third-order valence-electron chi connectivity index (χ3n) is 3.19. The van der Waals surface area contributed by atoms with Gasteiger partial charge in [0.25, 0.3) is 0 Å². The Labute approximate surface area is 152 Å². The molecule has 0 amide bonds. The highest BCUT2D eigenvalue weighted by Gasteiger charge is 2.17. The van der Waals surface area contributed by atoms with Gasteiger partial charge in [0.05, 0.1) is 30.1 Å². The summed E-state index contributed by atoms with van der Waals surface area (Å²) in [5.74, 6) is 3.21. The Balaban J connectivity index is 1.92. The van der Waals surface area contributed by atoms with E-state index in [-0.39, 0.29) is 4.90 Å². The monoisotopic (exact) mass is 385 g/mol. The normalized spacial score (nSPS) is 11.4. The van der Waals surface area contributed by atoms with E-state index < -0.39 is 10.0 Å². The lowest BCUT2D eigenvalue weighted by molar-refractivity contribution is 0.287. The van der Waals surface area contributed by atoms with Gasteiger partial charge in [-0.25, -0.2) is 13.1 Å². The topological polar surface area (TPSA) is 77.8 Å². The Morgan fingerprint density at radius 1 is 1.12 bits per heavy atom. The molecule has 0 spiro atoms. The number of ether oxygens (including phenoxy) is 2. The molecule has 8 heteroatoms. The number of thioether (sulfide) groups is 1. The van der Waals surface area contributed by atoms with Crippen molar-refractivity contribution in [1.82, 2.24) is 4.72 Å². The van der Waals surface area contributed by atoms with Crippen molar-refractivity contribution in [3.8, 4) is 11.5 Å². The minimum atomic E-state index is -3.59. The number of rotatable bonds is 11. The first-order valence-corrected chi connectivity index (χ1v) is 10.7. The van der Waals surface area contributed by atoms with Gasteiger partial charge in [-0.15, -0.1) is 0 Å². The van der Waals surface area contributed by atoms with E-state index in [0.29, 0.717) is 42.8 Å². The third-order valence-corrected chi connectivity index (χ3v) is 5.63. The molecule has 1 aromatic carbocycles. The second-order valence-electron chi connectivity index (χ2n) is 5.00. The van der Waals surface area contributed by atoms with Crippen LogP contribution in [0, 0.1) is 0 Å². The Bertz CT molecular complexity index is 744. The van der Waals surface area contributed by atoms with Crippen molar-refractivity contribution < 1.29 is 22.3 Å². The lowest BCUT2D eigenvalue weighted by Crippen LogP contribution is -2.26. The van der Waals surface area contributed by atoms with Crippen molar-refractivity contribution in [2.24, 2.45) is 0 Å². The molecule has 1 aromatic heterocycles. The molecular weight excluding hydrogens is 362 g/mol. The second kappa shape index (κ2) is 9.74. The van der Waals surface area contributed by atoms with E-state index in [4.69, 9.17) is 13.9 Å². The standard InChI is InChI=1S/C17H23NO5S2/c1-3-21-16-8-7-15(12-17(16)22-4-2)25(19,20)18-9-11-24-13-14-6-5-10-23-14/h5-8,10,12,18H,3-4,9,11,13H2,1-2H3. The van der Waals surface area contributed by atoms with Gasteiger partial charge in [-0.2, -0.15) is 11.8 Å². The van der Waals surface area contributed by atoms with Gasteiger partial charge in [-0.3, -0.25) is 0 Å². The van der Waals surface area contributed by atoms with E-state index in [1.165, 1.54) is 12.1 Å². The molecule has 2 aromatic rings. The highest BCUT2D eigenvalue weighted by molar-refractivity contribution is 7.98. The molecule has 0 saturated heterocycles. The molecular formula is C17H23NO5S2. The zero-order chi connectivity index (χ0) is 18.1. The SMILES string of the molecule is CCOc1ccc(S(=O)(=O)NCCSCc2ccco2)cc1OCC. The molecule has 0 aliphatic heterocycles. The Morgan fingerprint density at radius 3 is 2.56 bits per heavy atom. The molecule has 2 rings (SSSR count). The Kier molecular flexibility index (Phi) is 7.67. The number of hydrogen-bond donors (Lipinski definition) is 1. The van der Waals surface area contributed by atoms with Crippen LogP contribution >= 0.6 is 11.8 Å². The van der Waals surface area contributed by atoms with Gasteiger partial charge in [-0.1, -0.05) is 0 Å². The fourth-order valence-corrected chi connectivity index (χ4v) is 4.03. The number of benzene rings is 1. The zero-order valence-electron chi connectivity index (χ0n) is 14.4. The number of furan rings is 1. The summed E-state index contributed by atoms with van der Waals surface area (Å²) < 4.78 is 43.6. The van der Waals surface area contributed by atoms with Gasteiger partial charge in [0.2, 0.25) is 10.0 Å². The van der Waals surface area contributed by atoms with E-state index in [1.54, 1.807) is 24.1 Å². The van der Waals surface area contributed by atoms with Gasteiger partial charge in [0.1, 0.15) is 5.76 Å². The molecule has 0 aliphatic carbocycles. The summed E-state index contributed by atoms with van der Waals surface area (Å²) >= 11 is 1.60. The van der Waals surface area contributed by atoms with E-state index in [0.717, 1.165) is 5.76 Å². The van der Waals surface area contributed by atoms with Crippen LogP contribution in [0.4, 0.5) is 0 Å². The third kappa shape index (κ3) is 5.98. The summed E-state index contributed by atoms with van der Waals surface area (Å²) in [5.41, 5.74) is 0. The molecule has 0 bridgehead atoms. The van der Waals surface area contributed by atoms with Crippen LogP contribution < -0.4 is 14.2 Å². The number of sulfonamides is 1. The molecule has 1 heterocycles. The smallest absolute Gasteiger partial charge is 0.240 e. The summed E-state index contributed by atoms with van der Waals surface area (Å²) in [5, 5.41) is 0. The van der Waals surface area contributed by atoms with Crippen molar-refractivity contribution in [1.29, 1.82) is 0 Å². The molecule has 6 nitrogen and oxygen atoms in total. The molecule has 0 radical (unpaired) electrons. The minimum absolute atomic E-state index is 0.162. The largest absolute Gasteiger partial charge is 0.490 e. The van der Waals surface area contributed by atoms with E-state index in [1.807, 2.05) is 26.0 Å². The predicted octanol–water partition coefficient (Wildman–Crippen LogP) is 3.29. The fraction of sp³-hybridized carbons (Fsp3) is 0.412. The van der Waals surface area contributed by atoms with Crippen LogP contribution in [0.25, 0.3) is 0 Å².